The molecule has 0 spiro atoms. The van der Waals surface area contributed by atoms with Crippen LogP contribution in [0, 0.1) is 11.3 Å². The highest BCUT2D eigenvalue weighted by Gasteiger charge is 2.24. The first-order chi connectivity index (χ1) is 7.79. The van der Waals surface area contributed by atoms with Gasteiger partial charge >= 0.3 is 0 Å². The number of piperazine rings is 1. The molecule has 0 aromatic rings. The summed E-state index contributed by atoms with van der Waals surface area (Å²) in [5.74, 6) is 0. The van der Waals surface area contributed by atoms with E-state index in [1.165, 1.54) is 12.8 Å². The second-order valence-electron chi connectivity index (χ2n) is 4.78. The summed E-state index contributed by atoms with van der Waals surface area (Å²) in [5, 5.41) is 8.86. The van der Waals surface area contributed by atoms with Gasteiger partial charge in [0.2, 0.25) is 0 Å². The van der Waals surface area contributed by atoms with Crippen LogP contribution in [0.25, 0.3) is 0 Å². The molecule has 16 heavy (non-hydrogen) atoms. The van der Waals surface area contributed by atoms with E-state index in [4.69, 9.17) is 10.00 Å². The highest BCUT2D eigenvalue weighted by atomic mass is 16.5. The third-order valence-corrected chi connectivity index (χ3v) is 3.63. The van der Waals surface area contributed by atoms with Crippen molar-refractivity contribution in [1.82, 2.24) is 9.80 Å². The molecule has 0 aromatic heterocycles. The number of hydrogen-bond donors (Lipinski definition) is 0. The molecular formula is C12H21N3O. The normalized spacial score (nSPS) is 30.1. The van der Waals surface area contributed by atoms with E-state index < -0.39 is 0 Å². The van der Waals surface area contributed by atoms with Crippen LogP contribution >= 0.6 is 0 Å². The van der Waals surface area contributed by atoms with Gasteiger partial charge in [0.25, 0.3) is 0 Å². The standard InChI is InChI=1S/C12H21N3O/c1-11(9-13)15-6-4-14(5-7-15)10-12-3-2-8-16-12/h11-12H,2-8,10H2,1H3/t11-,12-/m1/s1. The molecule has 0 N–H and O–H groups in total. The lowest BCUT2D eigenvalue weighted by Gasteiger charge is -2.36. The Hall–Kier alpha value is -0.630. The van der Waals surface area contributed by atoms with Crippen LogP contribution in [0.4, 0.5) is 0 Å². The van der Waals surface area contributed by atoms with E-state index >= 15 is 0 Å². The first-order valence-electron chi connectivity index (χ1n) is 6.27. The summed E-state index contributed by atoms with van der Waals surface area (Å²) >= 11 is 0. The summed E-state index contributed by atoms with van der Waals surface area (Å²) in [6.45, 7) is 8.18. The molecule has 2 saturated heterocycles. The summed E-state index contributed by atoms with van der Waals surface area (Å²) in [5.41, 5.74) is 0. The molecule has 2 heterocycles. The highest BCUT2D eigenvalue weighted by molar-refractivity contribution is 4.90. The second-order valence-corrected chi connectivity index (χ2v) is 4.78. The number of rotatable bonds is 3. The summed E-state index contributed by atoms with van der Waals surface area (Å²) < 4.78 is 5.64. The van der Waals surface area contributed by atoms with Crippen molar-refractivity contribution in [3.63, 3.8) is 0 Å². The molecule has 90 valence electrons. The largest absolute Gasteiger partial charge is 0.377 e. The Balaban J connectivity index is 1.70. The maximum Gasteiger partial charge on any atom is 0.0950 e. The molecule has 0 bridgehead atoms. The molecule has 2 aliphatic heterocycles. The quantitative estimate of drug-likeness (QED) is 0.706. The van der Waals surface area contributed by atoms with Gasteiger partial charge in [-0.3, -0.25) is 9.80 Å². The summed E-state index contributed by atoms with van der Waals surface area (Å²) in [7, 11) is 0. The van der Waals surface area contributed by atoms with Crippen LogP contribution in [0.1, 0.15) is 19.8 Å². The van der Waals surface area contributed by atoms with E-state index in [1.54, 1.807) is 0 Å². The lowest BCUT2D eigenvalue weighted by atomic mass is 10.2. The van der Waals surface area contributed by atoms with Gasteiger partial charge in [-0.25, -0.2) is 0 Å². The zero-order valence-corrected chi connectivity index (χ0v) is 10.1. The van der Waals surface area contributed by atoms with Crippen molar-refractivity contribution in [3.8, 4) is 6.07 Å². The maximum atomic E-state index is 8.86. The van der Waals surface area contributed by atoms with Crippen molar-refractivity contribution in [2.24, 2.45) is 0 Å². The minimum atomic E-state index is 0.0601. The van der Waals surface area contributed by atoms with Gasteiger partial charge in [-0.15, -0.1) is 0 Å². The molecule has 4 heteroatoms. The van der Waals surface area contributed by atoms with Crippen LogP contribution < -0.4 is 0 Å². The fourth-order valence-corrected chi connectivity index (χ4v) is 2.49. The van der Waals surface area contributed by atoms with Gasteiger partial charge < -0.3 is 4.74 Å². The lowest BCUT2D eigenvalue weighted by molar-refractivity contribution is 0.0470. The molecule has 2 fully saturated rings. The first kappa shape index (κ1) is 11.8. The van der Waals surface area contributed by atoms with Crippen molar-refractivity contribution in [1.29, 1.82) is 5.26 Å². The van der Waals surface area contributed by atoms with E-state index in [0.717, 1.165) is 39.3 Å². The van der Waals surface area contributed by atoms with Crippen LogP contribution in [-0.4, -0.2) is 61.3 Å². The Labute approximate surface area is 97.8 Å². The Morgan fingerprint density at radius 3 is 2.69 bits per heavy atom. The number of nitrogens with zero attached hydrogens (tertiary/aromatic N) is 3. The number of hydrogen-bond acceptors (Lipinski definition) is 4. The first-order valence-corrected chi connectivity index (χ1v) is 6.27. The van der Waals surface area contributed by atoms with Gasteiger partial charge in [-0.1, -0.05) is 0 Å². The Morgan fingerprint density at radius 2 is 2.12 bits per heavy atom. The fraction of sp³-hybridized carbons (Fsp3) is 0.917. The molecule has 0 saturated carbocycles. The molecule has 2 rings (SSSR count). The third kappa shape index (κ3) is 2.94. The van der Waals surface area contributed by atoms with Crippen molar-refractivity contribution >= 4 is 0 Å². The molecular weight excluding hydrogens is 202 g/mol. The average Bonchev–Trinajstić information content (AvgIpc) is 2.82. The van der Waals surface area contributed by atoms with E-state index in [1.807, 2.05) is 6.92 Å². The lowest BCUT2D eigenvalue weighted by Crippen LogP contribution is -2.50. The second kappa shape index (κ2) is 5.62. The molecule has 0 radical (unpaired) electrons. The minimum Gasteiger partial charge on any atom is -0.377 e. The molecule has 0 unspecified atom stereocenters. The van der Waals surface area contributed by atoms with Crippen LogP contribution in [0.5, 0.6) is 0 Å². The van der Waals surface area contributed by atoms with E-state index in [0.29, 0.717) is 6.10 Å². The highest BCUT2D eigenvalue weighted by Crippen LogP contribution is 2.14. The summed E-state index contributed by atoms with van der Waals surface area (Å²) in [4.78, 5) is 4.72. The molecule has 4 nitrogen and oxygen atoms in total. The van der Waals surface area contributed by atoms with Crippen molar-refractivity contribution in [2.75, 3.05) is 39.3 Å². The average molecular weight is 223 g/mol. The van der Waals surface area contributed by atoms with Crippen molar-refractivity contribution in [3.05, 3.63) is 0 Å². The monoisotopic (exact) mass is 223 g/mol. The maximum absolute atomic E-state index is 8.86. The Morgan fingerprint density at radius 1 is 1.38 bits per heavy atom. The van der Waals surface area contributed by atoms with Gasteiger partial charge in [0.15, 0.2) is 0 Å². The van der Waals surface area contributed by atoms with Gasteiger partial charge in [-0.05, 0) is 19.8 Å². The SMILES string of the molecule is C[C@H](C#N)N1CCN(C[C@H]2CCCO2)CC1. The topological polar surface area (TPSA) is 39.5 Å². The Bertz CT molecular complexity index is 249. The van der Waals surface area contributed by atoms with E-state index in [2.05, 4.69) is 15.9 Å². The minimum absolute atomic E-state index is 0.0601. The van der Waals surface area contributed by atoms with E-state index in [-0.39, 0.29) is 6.04 Å². The van der Waals surface area contributed by atoms with Gasteiger partial charge in [0.05, 0.1) is 18.2 Å². The zero-order chi connectivity index (χ0) is 11.4. The molecule has 0 aliphatic carbocycles. The van der Waals surface area contributed by atoms with Crippen molar-refractivity contribution in [2.45, 2.75) is 31.9 Å². The Kier molecular flexibility index (Phi) is 4.16. The molecule has 2 atom stereocenters. The van der Waals surface area contributed by atoms with Gasteiger partial charge in [0, 0.05) is 39.3 Å². The fourth-order valence-electron chi connectivity index (χ4n) is 2.49. The van der Waals surface area contributed by atoms with Gasteiger partial charge in [0.1, 0.15) is 0 Å². The molecule has 0 amide bonds. The predicted octanol–water partition coefficient (Wildman–Crippen LogP) is 0.695. The number of nitriles is 1. The van der Waals surface area contributed by atoms with Crippen molar-refractivity contribution < 1.29 is 4.74 Å². The third-order valence-electron chi connectivity index (χ3n) is 3.63. The van der Waals surface area contributed by atoms with E-state index in [9.17, 15) is 0 Å². The zero-order valence-electron chi connectivity index (χ0n) is 10.1. The van der Waals surface area contributed by atoms with Crippen LogP contribution in [-0.2, 0) is 4.74 Å². The number of ether oxygens (including phenoxy) is 1. The summed E-state index contributed by atoms with van der Waals surface area (Å²) in [6, 6.07) is 2.37. The van der Waals surface area contributed by atoms with Gasteiger partial charge in [-0.2, -0.15) is 5.26 Å². The van der Waals surface area contributed by atoms with Crippen LogP contribution in [0.15, 0.2) is 0 Å². The molecule has 0 aromatic carbocycles. The van der Waals surface area contributed by atoms with Crippen LogP contribution in [0.3, 0.4) is 0 Å². The smallest absolute Gasteiger partial charge is 0.0950 e. The molecule has 2 aliphatic rings. The summed E-state index contributed by atoms with van der Waals surface area (Å²) in [6.07, 6.45) is 2.89. The van der Waals surface area contributed by atoms with Crippen LogP contribution in [0.2, 0.25) is 0 Å². The predicted molar refractivity (Wildman–Crippen MR) is 62.1 cm³/mol.